The monoisotopic (exact) mass is 283 g/mol. The van der Waals surface area contributed by atoms with Gasteiger partial charge < -0.3 is 5.32 Å². The molecule has 0 fully saturated rings. The summed E-state index contributed by atoms with van der Waals surface area (Å²) in [5.74, 6) is -0.706. The van der Waals surface area contributed by atoms with Crippen LogP contribution in [0.1, 0.15) is 0 Å². The maximum absolute atomic E-state index is 13.6. The molecular formula is C11H9ClFN4O2+. The number of benzene rings is 1. The quantitative estimate of drug-likeness (QED) is 0.406. The van der Waals surface area contributed by atoms with Crippen molar-refractivity contribution in [1.82, 2.24) is 4.98 Å². The van der Waals surface area contributed by atoms with Gasteiger partial charge in [0, 0.05) is 29.4 Å². The highest BCUT2D eigenvalue weighted by Crippen LogP contribution is 2.21. The Morgan fingerprint density at radius 2 is 2.26 bits per heavy atom. The van der Waals surface area contributed by atoms with Gasteiger partial charge in [-0.15, -0.1) is 0 Å². The largest absolute Gasteiger partial charge is 0.398 e. The number of rotatable bonds is 3. The predicted octanol–water partition coefficient (Wildman–Crippen LogP) is 2.35. The van der Waals surface area contributed by atoms with Crippen LogP contribution in [-0.4, -0.2) is 9.91 Å². The highest BCUT2D eigenvalue weighted by Gasteiger charge is 2.17. The van der Waals surface area contributed by atoms with E-state index >= 15 is 0 Å². The van der Waals surface area contributed by atoms with E-state index in [9.17, 15) is 14.5 Å². The molecule has 0 saturated heterocycles. The number of anilines is 2. The lowest BCUT2D eigenvalue weighted by molar-refractivity contribution is -0.673. The Kier molecular flexibility index (Phi) is 3.57. The zero-order valence-corrected chi connectivity index (χ0v) is 10.6. The SMILES string of the molecule is C[n+]1cc(F)c(Nc2cccc([N+](=O)[O-])c2)nc1Cl. The Labute approximate surface area is 112 Å². The van der Waals surface area contributed by atoms with Crippen LogP contribution >= 0.6 is 11.6 Å². The fraction of sp³-hybridized carbons (Fsp3) is 0.0909. The van der Waals surface area contributed by atoms with Crippen molar-refractivity contribution in [3.63, 3.8) is 0 Å². The molecule has 0 unspecified atom stereocenters. The molecule has 0 aliphatic rings. The van der Waals surface area contributed by atoms with Crippen LogP contribution in [0.4, 0.5) is 21.6 Å². The van der Waals surface area contributed by atoms with Crippen molar-refractivity contribution in [2.45, 2.75) is 0 Å². The first-order valence-electron chi connectivity index (χ1n) is 5.20. The summed E-state index contributed by atoms with van der Waals surface area (Å²) in [5, 5.41) is 13.4. The van der Waals surface area contributed by atoms with Gasteiger partial charge in [0.2, 0.25) is 5.82 Å². The summed E-state index contributed by atoms with van der Waals surface area (Å²) < 4.78 is 15.0. The van der Waals surface area contributed by atoms with Crippen LogP contribution in [0.15, 0.2) is 30.5 Å². The van der Waals surface area contributed by atoms with Crippen LogP contribution in [-0.2, 0) is 7.05 Å². The third kappa shape index (κ3) is 2.94. The maximum Gasteiger partial charge on any atom is 0.398 e. The zero-order chi connectivity index (χ0) is 14.0. The van der Waals surface area contributed by atoms with Gasteiger partial charge in [-0.1, -0.05) is 6.07 Å². The molecule has 0 aliphatic heterocycles. The standard InChI is InChI=1S/C11H8ClFN4O2/c1-16-6-9(13)10(15-11(16)12)14-7-3-2-4-8(5-7)17(18)19/h2-6H,1H3/p+1. The molecule has 1 aromatic carbocycles. The van der Waals surface area contributed by atoms with Gasteiger partial charge in [0.05, 0.1) is 12.0 Å². The number of nitro groups is 1. The van der Waals surface area contributed by atoms with Crippen molar-refractivity contribution >= 4 is 28.8 Å². The van der Waals surface area contributed by atoms with Gasteiger partial charge in [0.25, 0.3) is 11.5 Å². The molecular weight excluding hydrogens is 275 g/mol. The van der Waals surface area contributed by atoms with Gasteiger partial charge in [-0.3, -0.25) is 10.1 Å². The average molecular weight is 284 g/mol. The van der Waals surface area contributed by atoms with E-state index in [1.165, 1.54) is 22.8 Å². The van der Waals surface area contributed by atoms with Gasteiger partial charge in [-0.05, 0) is 11.1 Å². The van der Waals surface area contributed by atoms with E-state index in [0.717, 1.165) is 6.20 Å². The molecule has 98 valence electrons. The normalized spacial score (nSPS) is 10.3. The second-order valence-corrected chi connectivity index (χ2v) is 4.09. The van der Waals surface area contributed by atoms with Crippen molar-refractivity contribution in [2.75, 3.05) is 5.32 Å². The predicted molar refractivity (Wildman–Crippen MR) is 66.8 cm³/mol. The van der Waals surface area contributed by atoms with Crippen LogP contribution in [0, 0.1) is 15.9 Å². The van der Waals surface area contributed by atoms with Crippen molar-refractivity contribution < 1.29 is 13.9 Å². The molecule has 0 aliphatic carbocycles. The minimum Gasteiger partial charge on any atom is -0.316 e. The summed E-state index contributed by atoms with van der Waals surface area (Å²) >= 11 is 5.77. The molecule has 0 saturated carbocycles. The number of hydrogen-bond donors (Lipinski definition) is 1. The van der Waals surface area contributed by atoms with Crippen LogP contribution < -0.4 is 9.88 Å². The fourth-order valence-corrected chi connectivity index (χ4v) is 1.56. The van der Waals surface area contributed by atoms with Crippen LogP contribution in [0.3, 0.4) is 0 Å². The zero-order valence-electron chi connectivity index (χ0n) is 9.80. The lowest BCUT2D eigenvalue weighted by Gasteiger charge is -2.03. The Hall–Kier alpha value is -2.28. The molecule has 2 aromatic rings. The lowest BCUT2D eigenvalue weighted by atomic mass is 10.3. The molecule has 2 rings (SSSR count). The highest BCUT2D eigenvalue weighted by molar-refractivity contribution is 6.27. The molecule has 19 heavy (non-hydrogen) atoms. The van der Waals surface area contributed by atoms with E-state index in [-0.39, 0.29) is 16.8 Å². The number of hydrogen-bond acceptors (Lipinski definition) is 4. The van der Waals surface area contributed by atoms with Crippen LogP contribution in [0.2, 0.25) is 5.28 Å². The number of nitro benzene ring substituents is 1. The summed E-state index contributed by atoms with van der Waals surface area (Å²) in [6, 6.07) is 5.67. The Bertz CT molecular complexity index is 651. The summed E-state index contributed by atoms with van der Waals surface area (Å²) in [6.45, 7) is 0. The van der Waals surface area contributed by atoms with Crippen molar-refractivity contribution in [3.05, 3.63) is 51.7 Å². The van der Waals surface area contributed by atoms with E-state index < -0.39 is 10.7 Å². The number of nitrogens with zero attached hydrogens (tertiary/aromatic N) is 3. The number of aromatic nitrogens is 2. The summed E-state index contributed by atoms with van der Waals surface area (Å²) in [7, 11) is 1.55. The minimum absolute atomic E-state index is 0.0920. The van der Waals surface area contributed by atoms with Crippen LogP contribution in [0.25, 0.3) is 0 Å². The van der Waals surface area contributed by atoms with E-state index in [1.54, 1.807) is 13.1 Å². The average Bonchev–Trinajstić information content (AvgIpc) is 2.36. The van der Waals surface area contributed by atoms with Crippen LogP contribution in [0.5, 0.6) is 0 Å². The van der Waals surface area contributed by atoms with E-state index in [2.05, 4.69) is 10.3 Å². The molecule has 6 nitrogen and oxygen atoms in total. The summed E-state index contributed by atoms with van der Waals surface area (Å²) in [4.78, 5) is 13.9. The number of halogens is 2. The maximum atomic E-state index is 13.6. The van der Waals surface area contributed by atoms with Gasteiger partial charge in [0.15, 0.2) is 0 Å². The molecule has 8 heteroatoms. The molecule has 1 aromatic heterocycles. The fourth-order valence-electron chi connectivity index (χ4n) is 1.43. The van der Waals surface area contributed by atoms with E-state index in [0.29, 0.717) is 5.69 Å². The third-order valence-corrected chi connectivity index (χ3v) is 2.70. The minimum atomic E-state index is -0.613. The number of aryl methyl sites for hydroxylation is 1. The smallest absolute Gasteiger partial charge is 0.316 e. The van der Waals surface area contributed by atoms with E-state index in [4.69, 9.17) is 11.6 Å². The number of non-ortho nitro benzene ring substituents is 1. The molecule has 0 radical (unpaired) electrons. The summed E-state index contributed by atoms with van der Waals surface area (Å²) in [6.07, 6.45) is 1.16. The Morgan fingerprint density at radius 3 is 2.95 bits per heavy atom. The van der Waals surface area contributed by atoms with Gasteiger partial charge >= 0.3 is 5.28 Å². The lowest BCUT2D eigenvalue weighted by Crippen LogP contribution is -2.31. The first-order chi connectivity index (χ1) is 8.97. The molecule has 0 bridgehead atoms. The Morgan fingerprint density at radius 1 is 1.53 bits per heavy atom. The van der Waals surface area contributed by atoms with Gasteiger partial charge in [0.1, 0.15) is 6.20 Å². The Balaban J connectivity index is 2.33. The molecule has 0 amide bonds. The van der Waals surface area contributed by atoms with Crippen molar-refractivity contribution in [3.8, 4) is 0 Å². The first-order valence-corrected chi connectivity index (χ1v) is 5.58. The molecule has 0 spiro atoms. The second-order valence-electron chi connectivity index (χ2n) is 3.75. The third-order valence-electron chi connectivity index (χ3n) is 2.35. The number of nitrogens with one attached hydrogen (secondary N) is 1. The second kappa shape index (κ2) is 5.15. The highest BCUT2D eigenvalue weighted by atomic mass is 35.5. The van der Waals surface area contributed by atoms with Gasteiger partial charge in [-0.25, -0.2) is 4.57 Å². The van der Waals surface area contributed by atoms with E-state index in [1.807, 2.05) is 0 Å². The summed E-state index contributed by atoms with van der Waals surface area (Å²) in [5.41, 5.74) is 0.253. The first kappa shape index (κ1) is 13.2. The molecule has 0 atom stereocenters. The van der Waals surface area contributed by atoms with Crippen molar-refractivity contribution in [2.24, 2.45) is 7.05 Å². The van der Waals surface area contributed by atoms with Crippen molar-refractivity contribution in [1.29, 1.82) is 0 Å². The topological polar surface area (TPSA) is 71.9 Å². The molecule has 1 N–H and O–H groups in total. The van der Waals surface area contributed by atoms with Gasteiger partial charge in [-0.2, -0.15) is 4.39 Å². The molecule has 1 heterocycles.